The molecule has 86 valence electrons. The van der Waals surface area contributed by atoms with E-state index in [1.165, 1.54) is 11.8 Å². The maximum atomic E-state index is 8.59. The first-order valence-corrected chi connectivity index (χ1v) is 6.21. The Bertz CT molecular complexity index is 244. The Morgan fingerprint density at radius 1 is 1.53 bits per heavy atom. The lowest BCUT2D eigenvalue weighted by atomic mass is 10.3. The molecule has 5 heteroatoms. The SMILES string of the molecule is CCN(C(=NC#N)SC)C(C)CN(C)C. The van der Waals surface area contributed by atoms with Crippen LogP contribution in [0.5, 0.6) is 0 Å². The Kier molecular flexibility index (Phi) is 7.18. The first-order chi connectivity index (χ1) is 7.06. The van der Waals surface area contributed by atoms with Crippen LogP contribution < -0.4 is 0 Å². The van der Waals surface area contributed by atoms with Gasteiger partial charge in [-0.2, -0.15) is 5.26 Å². The Morgan fingerprint density at radius 2 is 2.13 bits per heavy atom. The molecule has 0 spiro atoms. The van der Waals surface area contributed by atoms with E-state index in [-0.39, 0.29) is 0 Å². The van der Waals surface area contributed by atoms with Crippen LogP contribution in [0.3, 0.4) is 0 Å². The summed E-state index contributed by atoms with van der Waals surface area (Å²) in [6.07, 6.45) is 3.80. The predicted molar refractivity (Wildman–Crippen MR) is 67.0 cm³/mol. The highest BCUT2D eigenvalue weighted by Gasteiger charge is 2.16. The summed E-state index contributed by atoms with van der Waals surface area (Å²) in [6, 6.07) is 0.365. The molecule has 1 unspecified atom stereocenters. The van der Waals surface area contributed by atoms with Crippen LogP contribution in [-0.4, -0.2) is 54.4 Å². The number of thioether (sulfide) groups is 1. The van der Waals surface area contributed by atoms with Crippen molar-refractivity contribution in [2.75, 3.05) is 33.4 Å². The van der Waals surface area contributed by atoms with E-state index in [1.54, 1.807) is 0 Å². The average molecular weight is 228 g/mol. The van der Waals surface area contributed by atoms with E-state index in [2.05, 4.69) is 28.6 Å². The van der Waals surface area contributed by atoms with E-state index in [1.807, 2.05) is 26.5 Å². The van der Waals surface area contributed by atoms with Gasteiger partial charge in [-0.05, 0) is 34.2 Å². The Morgan fingerprint density at radius 3 is 2.47 bits per heavy atom. The van der Waals surface area contributed by atoms with Crippen LogP contribution in [0.4, 0.5) is 0 Å². The molecule has 4 nitrogen and oxygen atoms in total. The predicted octanol–water partition coefficient (Wildman–Crippen LogP) is 1.46. The highest BCUT2D eigenvalue weighted by Crippen LogP contribution is 2.10. The lowest BCUT2D eigenvalue weighted by Gasteiger charge is -2.31. The third-order valence-corrected chi connectivity index (χ3v) is 2.77. The van der Waals surface area contributed by atoms with Crippen molar-refractivity contribution >= 4 is 16.9 Å². The van der Waals surface area contributed by atoms with Gasteiger partial charge in [0.25, 0.3) is 0 Å². The van der Waals surface area contributed by atoms with Crippen LogP contribution in [0, 0.1) is 11.5 Å². The van der Waals surface area contributed by atoms with Crippen molar-refractivity contribution in [3.8, 4) is 6.19 Å². The van der Waals surface area contributed by atoms with Gasteiger partial charge < -0.3 is 9.80 Å². The van der Waals surface area contributed by atoms with Crippen molar-refractivity contribution < 1.29 is 0 Å². The minimum Gasteiger partial charge on any atom is -0.347 e. The zero-order valence-corrected chi connectivity index (χ0v) is 11.0. The summed E-state index contributed by atoms with van der Waals surface area (Å²) in [5.74, 6) is 0. The van der Waals surface area contributed by atoms with E-state index >= 15 is 0 Å². The fourth-order valence-corrected chi connectivity index (χ4v) is 2.21. The summed E-state index contributed by atoms with van der Waals surface area (Å²) in [5, 5.41) is 9.39. The van der Waals surface area contributed by atoms with Crippen LogP contribution in [0.25, 0.3) is 0 Å². The molecule has 0 saturated heterocycles. The van der Waals surface area contributed by atoms with Gasteiger partial charge in [-0.1, -0.05) is 11.8 Å². The van der Waals surface area contributed by atoms with Crippen LogP contribution in [0.1, 0.15) is 13.8 Å². The molecule has 1 atom stereocenters. The van der Waals surface area contributed by atoms with Crippen molar-refractivity contribution in [1.82, 2.24) is 9.80 Å². The molecule has 0 aromatic carbocycles. The molecule has 0 aliphatic heterocycles. The monoisotopic (exact) mass is 228 g/mol. The van der Waals surface area contributed by atoms with Crippen LogP contribution in [-0.2, 0) is 0 Å². The normalized spacial score (nSPS) is 13.8. The summed E-state index contributed by atoms with van der Waals surface area (Å²) in [4.78, 5) is 8.12. The van der Waals surface area contributed by atoms with Gasteiger partial charge in [0.2, 0.25) is 6.19 Å². The Labute approximate surface area is 97.0 Å². The van der Waals surface area contributed by atoms with Crippen LogP contribution in [0.15, 0.2) is 4.99 Å². The third kappa shape index (κ3) is 5.05. The van der Waals surface area contributed by atoms with Crippen molar-refractivity contribution in [3.63, 3.8) is 0 Å². The largest absolute Gasteiger partial charge is 0.347 e. The maximum Gasteiger partial charge on any atom is 0.208 e. The first kappa shape index (κ1) is 14.3. The van der Waals surface area contributed by atoms with E-state index in [0.29, 0.717) is 6.04 Å². The quantitative estimate of drug-likeness (QED) is 0.415. The molecule has 0 N–H and O–H groups in total. The first-order valence-electron chi connectivity index (χ1n) is 4.98. The molecule has 0 amide bonds. The van der Waals surface area contributed by atoms with E-state index < -0.39 is 0 Å². The lowest BCUT2D eigenvalue weighted by molar-refractivity contribution is 0.267. The second kappa shape index (κ2) is 7.55. The summed E-state index contributed by atoms with van der Waals surface area (Å²) < 4.78 is 0. The molecular formula is C10H20N4S. The smallest absolute Gasteiger partial charge is 0.208 e. The molecule has 0 heterocycles. The number of likely N-dealkylation sites (N-methyl/N-ethyl adjacent to an activating group) is 2. The van der Waals surface area contributed by atoms with Crippen LogP contribution in [0.2, 0.25) is 0 Å². The number of nitriles is 1. The van der Waals surface area contributed by atoms with Gasteiger partial charge in [-0.25, -0.2) is 0 Å². The van der Waals surface area contributed by atoms with Crippen molar-refractivity contribution in [3.05, 3.63) is 0 Å². The average Bonchev–Trinajstić information content (AvgIpc) is 2.16. The molecule has 0 aliphatic carbocycles. The van der Waals surface area contributed by atoms with Gasteiger partial charge in [0, 0.05) is 19.1 Å². The van der Waals surface area contributed by atoms with E-state index in [9.17, 15) is 0 Å². The van der Waals surface area contributed by atoms with Crippen molar-refractivity contribution in [2.24, 2.45) is 4.99 Å². The van der Waals surface area contributed by atoms with Gasteiger partial charge in [0.15, 0.2) is 5.17 Å². The summed E-state index contributed by atoms with van der Waals surface area (Å²) in [5.41, 5.74) is 0. The zero-order chi connectivity index (χ0) is 11.8. The highest BCUT2D eigenvalue weighted by atomic mass is 32.2. The number of hydrogen-bond acceptors (Lipinski definition) is 4. The molecule has 0 aliphatic rings. The molecule has 0 radical (unpaired) electrons. The van der Waals surface area contributed by atoms with Gasteiger partial charge in [0.05, 0.1) is 0 Å². The maximum absolute atomic E-state index is 8.59. The van der Waals surface area contributed by atoms with Crippen molar-refractivity contribution in [1.29, 1.82) is 5.26 Å². The van der Waals surface area contributed by atoms with E-state index in [0.717, 1.165) is 18.3 Å². The topological polar surface area (TPSA) is 42.6 Å². The molecule has 0 fully saturated rings. The van der Waals surface area contributed by atoms with Gasteiger partial charge in [-0.15, -0.1) is 4.99 Å². The lowest BCUT2D eigenvalue weighted by Crippen LogP contribution is -2.42. The standard InChI is InChI=1S/C10H20N4S/c1-6-14(9(2)7-13(3)4)10(15-5)12-8-11/h9H,6-7H2,1-5H3. The summed E-state index contributed by atoms with van der Waals surface area (Å²) >= 11 is 1.52. The van der Waals surface area contributed by atoms with E-state index in [4.69, 9.17) is 5.26 Å². The second-order valence-corrected chi connectivity index (χ2v) is 4.37. The Hall–Kier alpha value is -0.730. The third-order valence-electron chi connectivity index (χ3n) is 2.08. The Balaban J connectivity index is 4.59. The molecule has 15 heavy (non-hydrogen) atoms. The van der Waals surface area contributed by atoms with Gasteiger partial charge >= 0.3 is 0 Å². The molecule has 0 rings (SSSR count). The van der Waals surface area contributed by atoms with Crippen molar-refractivity contribution in [2.45, 2.75) is 19.9 Å². The molecule has 0 bridgehead atoms. The fraction of sp³-hybridized carbons (Fsp3) is 0.800. The molecule has 0 aromatic rings. The minimum atomic E-state index is 0.365. The summed E-state index contributed by atoms with van der Waals surface area (Å²) in [7, 11) is 4.09. The molecule has 0 saturated carbocycles. The molecule has 0 aromatic heterocycles. The molecular weight excluding hydrogens is 208 g/mol. The van der Waals surface area contributed by atoms with Gasteiger partial charge in [-0.3, -0.25) is 0 Å². The summed E-state index contributed by atoms with van der Waals surface area (Å²) in [6.45, 7) is 6.05. The van der Waals surface area contributed by atoms with Crippen LogP contribution >= 0.6 is 11.8 Å². The highest BCUT2D eigenvalue weighted by molar-refractivity contribution is 8.13. The number of hydrogen-bond donors (Lipinski definition) is 0. The number of amidine groups is 1. The second-order valence-electron chi connectivity index (χ2n) is 3.60. The zero-order valence-electron chi connectivity index (χ0n) is 10.2. The van der Waals surface area contributed by atoms with Gasteiger partial charge in [0.1, 0.15) is 0 Å². The fourth-order valence-electron chi connectivity index (χ4n) is 1.53. The minimum absolute atomic E-state index is 0.365. The number of rotatable bonds is 4. The number of nitrogens with zero attached hydrogens (tertiary/aromatic N) is 4. The number of aliphatic imine (C=N–C) groups is 1.